The minimum atomic E-state index is -3.42. The SMILES string of the molecule is O=C(Nc1ncc(N2CCOCC2)s1)C(Oc1ccc(F)cc1F)c1ccc(S(=O)(=O)C2CC2)cc1. The smallest absolute Gasteiger partial charge is 0.271 e. The van der Waals surface area contributed by atoms with E-state index in [0.717, 1.165) is 17.1 Å². The third-order valence-electron chi connectivity index (χ3n) is 5.90. The van der Waals surface area contributed by atoms with Crippen LogP contribution in [0.5, 0.6) is 5.75 Å². The van der Waals surface area contributed by atoms with E-state index in [1.165, 1.54) is 35.6 Å². The molecule has 1 aliphatic carbocycles. The zero-order valence-electron chi connectivity index (χ0n) is 19.0. The minimum absolute atomic E-state index is 0.149. The summed E-state index contributed by atoms with van der Waals surface area (Å²) in [5.41, 5.74) is 0.302. The summed E-state index contributed by atoms with van der Waals surface area (Å²) in [6.07, 6.45) is 1.56. The van der Waals surface area contributed by atoms with Crippen LogP contribution in [0.25, 0.3) is 0 Å². The molecular weight excluding hydrogens is 512 g/mol. The number of amides is 1. The normalized spacial score (nSPS) is 17.0. The van der Waals surface area contributed by atoms with Crippen LogP contribution in [-0.4, -0.2) is 50.9 Å². The van der Waals surface area contributed by atoms with E-state index in [1.807, 2.05) is 0 Å². The van der Waals surface area contributed by atoms with Crippen molar-refractivity contribution in [2.75, 3.05) is 36.5 Å². The first-order valence-corrected chi connectivity index (χ1v) is 13.7. The summed E-state index contributed by atoms with van der Waals surface area (Å²) in [4.78, 5) is 19.8. The van der Waals surface area contributed by atoms with E-state index >= 15 is 0 Å². The number of benzene rings is 2. The number of anilines is 2. The van der Waals surface area contributed by atoms with Crippen molar-refractivity contribution in [2.24, 2.45) is 0 Å². The maximum atomic E-state index is 14.3. The molecule has 0 spiro atoms. The second kappa shape index (κ2) is 10.1. The van der Waals surface area contributed by atoms with Crippen molar-refractivity contribution in [3.63, 3.8) is 0 Å². The maximum absolute atomic E-state index is 14.3. The number of carbonyl (C=O) groups is 1. The van der Waals surface area contributed by atoms with Gasteiger partial charge >= 0.3 is 0 Å². The molecule has 1 aliphatic heterocycles. The number of carbonyl (C=O) groups excluding carboxylic acids is 1. The maximum Gasteiger partial charge on any atom is 0.271 e. The summed E-state index contributed by atoms with van der Waals surface area (Å²) in [6.45, 7) is 2.62. The van der Waals surface area contributed by atoms with Gasteiger partial charge in [0, 0.05) is 24.7 Å². The fourth-order valence-electron chi connectivity index (χ4n) is 3.80. The highest BCUT2D eigenvalue weighted by Gasteiger charge is 2.37. The van der Waals surface area contributed by atoms with Gasteiger partial charge in [-0.2, -0.15) is 0 Å². The number of sulfone groups is 1. The first kappa shape index (κ1) is 24.6. The van der Waals surface area contributed by atoms with Crippen molar-refractivity contribution >= 4 is 37.2 Å². The average Bonchev–Trinajstić information content (AvgIpc) is 3.64. The van der Waals surface area contributed by atoms with Gasteiger partial charge in [-0.3, -0.25) is 10.1 Å². The summed E-state index contributed by atoms with van der Waals surface area (Å²) >= 11 is 1.28. The van der Waals surface area contributed by atoms with Crippen molar-refractivity contribution in [3.8, 4) is 5.75 Å². The van der Waals surface area contributed by atoms with Gasteiger partial charge in [-0.15, -0.1) is 0 Å². The number of morpholine rings is 1. The lowest BCUT2D eigenvalue weighted by atomic mass is 10.1. The van der Waals surface area contributed by atoms with Gasteiger partial charge in [0.2, 0.25) is 6.10 Å². The second-order valence-corrected chi connectivity index (χ2v) is 11.7. The van der Waals surface area contributed by atoms with Crippen molar-refractivity contribution in [1.82, 2.24) is 4.98 Å². The Morgan fingerprint density at radius 1 is 1.14 bits per heavy atom. The Morgan fingerprint density at radius 2 is 1.86 bits per heavy atom. The summed E-state index contributed by atoms with van der Waals surface area (Å²) in [5.74, 6) is -2.71. The summed E-state index contributed by atoms with van der Waals surface area (Å²) in [6, 6.07) is 8.51. The van der Waals surface area contributed by atoms with Crippen molar-refractivity contribution in [1.29, 1.82) is 0 Å². The van der Waals surface area contributed by atoms with Crippen LogP contribution >= 0.6 is 11.3 Å². The van der Waals surface area contributed by atoms with Crippen LogP contribution in [0.4, 0.5) is 18.9 Å². The summed E-state index contributed by atoms with van der Waals surface area (Å²) in [7, 11) is -3.42. The molecule has 1 atom stereocenters. The molecule has 3 aromatic rings. The fourth-order valence-corrected chi connectivity index (χ4v) is 6.33. The van der Waals surface area contributed by atoms with Crippen LogP contribution < -0.4 is 15.0 Å². The number of nitrogens with one attached hydrogen (secondary N) is 1. The molecule has 190 valence electrons. The molecule has 2 fully saturated rings. The van der Waals surface area contributed by atoms with Crippen molar-refractivity contribution in [3.05, 3.63) is 65.9 Å². The Morgan fingerprint density at radius 3 is 2.53 bits per heavy atom. The molecule has 1 aromatic heterocycles. The molecular formula is C24H23F2N3O5S2. The monoisotopic (exact) mass is 535 g/mol. The molecule has 0 bridgehead atoms. The average molecular weight is 536 g/mol. The second-order valence-electron chi connectivity index (χ2n) is 8.48. The molecule has 36 heavy (non-hydrogen) atoms. The predicted octanol–water partition coefficient (Wildman–Crippen LogP) is 3.95. The molecule has 0 radical (unpaired) electrons. The number of hydrogen-bond acceptors (Lipinski definition) is 8. The standard InChI is InChI=1S/C24H23F2N3O5S2/c25-16-3-8-20(19(26)13-16)34-22(15-1-4-17(5-2-15)36(31,32)18-6-7-18)23(30)28-24-27-14-21(35-24)29-9-11-33-12-10-29/h1-5,8,13-14,18,22H,6-7,9-12H2,(H,27,28,30). The van der Waals surface area contributed by atoms with E-state index in [-0.39, 0.29) is 15.9 Å². The van der Waals surface area contributed by atoms with Gasteiger partial charge in [0.25, 0.3) is 5.91 Å². The van der Waals surface area contributed by atoms with Crippen LogP contribution in [-0.2, 0) is 19.4 Å². The van der Waals surface area contributed by atoms with E-state index < -0.39 is 33.5 Å². The zero-order valence-corrected chi connectivity index (χ0v) is 20.7. The van der Waals surface area contributed by atoms with Crippen LogP contribution in [0.1, 0.15) is 24.5 Å². The molecule has 1 amide bonds. The van der Waals surface area contributed by atoms with Crippen molar-refractivity contribution < 1.29 is 31.5 Å². The van der Waals surface area contributed by atoms with Crippen LogP contribution in [0, 0.1) is 11.6 Å². The third-order valence-corrected chi connectivity index (χ3v) is 9.15. The number of halogens is 2. The molecule has 5 rings (SSSR count). The number of aromatic nitrogens is 1. The predicted molar refractivity (Wildman–Crippen MR) is 130 cm³/mol. The van der Waals surface area contributed by atoms with Gasteiger partial charge in [-0.25, -0.2) is 22.2 Å². The van der Waals surface area contributed by atoms with E-state index in [4.69, 9.17) is 9.47 Å². The van der Waals surface area contributed by atoms with Gasteiger partial charge in [0.15, 0.2) is 26.5 Å². The van der Waals surface area contributed by atoms with E-state index in [1.54, 1.807) is 6.20 Å². The molecule has 12 heteroatoms. The highest BCUT2D eigenvalue weighted by molar-refractivity contribution is 7.92. The van der Waals surface area contributed by atoms with Gasteiger partial charge in [0.1, 0.15) is 10.8 Å². The van der Waals surface area contributed by atoms with Gasteiger partial charge in [0.05, 0.1) is 29.6 Å². The van der Waals surface area contributed by atoms with Crippen molar-refractivity contribution in [2.45, 2.75) is 29.1 Å². The number of nitrogens with zero attached hydrogens (tertiary/aromatic N) is 2. The highest BCUT2D eigenvalue weighted by Crippen LogP contribution is 2.35. The van der Waals surface area contributed by atoms with E-state index in [9.17, 15) is 22.0 Å². The summed E-state index contributed by atoms with van der Waals surface area (Å²) < 4.78 is 63.8. The number of rotatable bonds is 8. The minimum Gasteiger partial charge on any atom is -0.473 e. The van der Waals surface area contributed by atoms with E-state index in [0.29, 0.717) is 55.9 Å². The Hall–Kier alpha value is -3.09. The lowest BCUT2D eigenvalue weighted by Gasteiger charge is -2.26. The van der Waals surface area contributed by atoms with E-state index in [2.05, 4.69) is 15.2 Å². The number of hydrogen-bond donors (Lipinski definition) is 1. The largest absolute Gasteiger partial charge is 0.473 e. The fraction of sp³-hybridized carbons (Fsp3) is 0.333. The molecule has 1 N–H and O–H groups in total. The third kappa shape index (κ3) is 5.35. The lowest BCUT2D eigenvalue weighted by molar-refractivity contribution is -0.123. The first-order valence-electron chi connectivity index (χ1n) is 11.4. The highest BCUT2D eigenvalue weighted by atomic mass is 32.2. The molecule has 2 aromatic carbocycles. The van der Waals surface area contributed by atoms with Crippen LogP contribution in [0.15, 0.2) is 53.6 Å². The van der Waals surface area contributed by atoms with Crippen LogP contribution in [0.3, 0.4) is 0 Å². The van der Waals surface area contributed by atoms with Gasteiger partial charge in [-0.05, 0) is 37.1 Å². The van der Waals surface area contributed by atoms with Gasteiger partial charge in [-0.1, -0.05) is 23.5 Å². The Balaban J connectivity index is 1.39. The topological polar surface area (TPSA) is 97.8 Å². The summed E-state index contributed by atoms with van der Waals surface area (Å²) in [5, 5.41) is 3.51. The van der Waals surface area contributed by atoms with Crippen LogP contribution in [0.2, 0.25) is 0 Å². The molecule has 1 saturated carbocycles. The quantitative estimate of drug-likeness (QED) is 0.466. The number of thiazole rings is 1. The Labute approximate surface area is 210 Å². The Kier molecular flexibility index (Phi) is 6.91. The number of ether oxygens (including phenoxy) is 2. The molecule has 2 aliphatic rings. The Bertz CT molecular complexity index is 1350. The molecule has 2 heterocycles. The van der Waals surface area contributed by atoms with Gasteiger partial charge < -0.3 is 14.4 Å². The zero-order chi connectivity index (χ0) is 25.3. The first-order chi connectivity index (χ1) is 17.3. The lowest BCUT2D eigenvalue weighted by Crippen LogP contribution is -2.35. The molecule has 1 saturated heterocycles. The molecule has 1 unspecified atom stereocenters. The molecule has 8 nitrogen and oxygen atoms in total.